The van der Waals surface area contributed by atoms with E-state index in [1.807, 2.05) is 12.1 Å². The third-order valence-corrected chi connectivity index (χ3v) is 2.77. The Morgan fingerprint density at radius 2 is 1.76 bits per heavy atom. The van der Waals surface area contributed by atoms with E-state index in [0.29, 0.717) is 6.42 Å². The van der Waals surface area contributed by atoms with Gasteiger partial charge in [0.25, 0.3) is 0 Å². The first-order valence-corrected chi connectivity index (χ1v) is 5.74. The number of benzene rings is 1. The Kier molecular flexibility index (Phi) is 3.52. The van der Waals surface area contributed by atoms with Crippen molar-refractivity contribution in [1.82, 2.24) is 4.98 Å². The lowest BCUT2D eigenvalue weighted by atomic mass is 10.1. The normalized spacial score (nSPS) is 9.88. The third kappa shape index (κ3) is 2.70. The Balaban J connectivity index is 2.24. The van der Waals surface area contributed by atoms with E-state index in [2.05, 4.69) is 42.2 Å². The van der Waals surface area contributed by atoms with Crippen LogP contribution < -0.4 is 0 Å². The van der Waals surface area contributed by atoms with Gasteiger partial charge in [-0.3, -0.25) is 4.98 Å². The van der Waals surface area contributed by atoms with Gasteiger partial charge in [0.1, 0.15) is 0 Å². The zero-order chi connectivity index (χ0) is 12.1. The monoisotopic (exact) mass is 222 g/mol. The van der Waals surface area contributed by atoms with Crippen LogP contribution in [0, 0.1) is 11.3 Å². The number of hydrogen-bond donors (Lipinski definition) is 0. The Labute approximate surface area is 102 Å². The summed E-state index contributed by atoms with van der Waals surface area (Å²) in [5, 5.41) is 8.59. The molecule has 0 fully saturated rings. The molecule has 0 unspecified atom stereocenters. The summed E-state index contributed by atoms with van der Waals surface area (Å²) in [5.74, 6) is 0. The molecule has 84 valence electrons. The van der Waals surface area contributed by atoms with Crippen LogP contribution in [-0.4, -0.2) is 4.98 Å². The van der Waals surface area contributed by atoms with Crippen LogP contribution in [-0.2, 0) is 12.8 Å². The van der Waals surface area contributed by atoms with Crippen LogP contribution in [0.2, 0.25) is 0 Å². The molecule has 0 aliphatic heterocycles. The van der Waals surface area contributed by atoms with Gasteiger partial charge in [-0.25, -0.2) is 0 Å². The standard InChI is InChI=1S/C15H14N2/c1-2-12-3-6-14(7-4-12)15-8-5-13(9-10-16)11-17-15/h3-8,11H,2,9H2,1H3. The van der Waals surface area contributed by atoms with Gasteiger partial charge in [-0.05, 0) is 23.6 Å². The second kappa shape index (κ2) is 5.27. The second-order valence-electron chi connectivity index (χ2n) is 3.94. The Bertz CT molecular complexity index is 518. The molecule has 0 amide bonds. The predicted octanol–water partition coefficient (Wildman–Crippen LogP) is 3.38. The van der Waals surface area contributed by atoms with Crippen molar-refractivity contribution in [2.45, 2.75) is 19.8 Å². The molecule has 0 saturated carbocycles. The highest BCUT2D eigenvalue weighted by Gasteiger charge is 1.99. The molecule has 2 nitrogen and oxygen atoms in total. The zero-order valence-electron chi connectivity index (χ0n) is 9.85. The van der Waals surface area contributed by atoms with Crippen molar-refractivity contribution in [1.29, 1.82) is 5.26 Å². The molecule has 2 heteroatoms. The zero-order valence-corrected chi connectivity index (χ0v) is 9.85. The van der Waals surface area contributed by atoms with E-state index in [9.17, 15) is 0 Å². The summed E-state index contributed by atoms with van der Waals surface area (Å²) < 4.78 is 0. The van der Waals surface area contributed by atoms with E-state index >= 15 is 0 Å². The summed E-state index contributed by atoms with van der Waals surface area (Å²) >= 11 is 0. The average Bonchev–Trinajstić information content (AvgIpc) is 2.40. The summed E-state index contributed by atoms with van der Waals surface area (Å²) in [6.45, 7) is 2.14. The molecular formula is C15H14N2. The number of aryl methyl sites for hydroxylation is 1. The van der Waals surface area contributed by atoms with Crippen LogP contribution in [0.4, 0.5) is 0 Å². The summed E-state index contributed by atoms with van der Waals surface area (Å²) in [7, 11) is 0. The van der Waals surface area contributed by atoms with Crippen molar-refractivity contribution < 1.29 is 0 Å². The van der Waals surface area contributed by atoms with Crippen molar-refractivity contribution in [3.63, 3.8) is 0 Å². The van der Waals surface area contributed by atoms with Crippen molar-refractivity contribution in [3.05, 3.63) is 53.7 Å². The Morgan fingerprint density at radius 3 is 2.29 bits per heavy atom. The van der Waals surface area contributed by atoms with Crippen LogP contribution in [0.1, 0.15) is 18.1 Å². The molecule has 0 aliphatic rings. The Hall–Kier alpha value is -2.14. The minimum atomic E-state index is 0.419. The van der Waals surface area contributed by atoms with Gasteiger partial charge >= 0.3 is 0 Å². The fourth-order valence-electron chi connectivity index (χ4n) is 1.70. The molecule has 0 N–H and O–H groups in total. The van der Waals surface area contributed by atoms with E-state index in [1.54, 1.807) is 6.20 Å². The van der Waals surface area contributed by atoms with Gasteiger partial charge in [0.2, 0.25) is 0 Å². The fourth-order valence-corrected chi connectivity index (χ4v) is 1.70. The van der Waals surface area contributed by atoms with Crippen LogP contribution in [0.15, 0.2) is 42.6 Å². The van der Waals surface area contributed by atoms with Gasteiger partial charge < -0.3 is 0 Å². The number of pyridine rings is 1. The maximum atomic E-state index is 8.59. The lowest BCUT2D eigenvalue weighted by Crippen LogP contribution is -1.88. The van der Waals surface area contributed by atoms with Gasteiger partial charge in [0, 0.05) is 11.8 Å². The number of nitrogens with zero attached hydrogens (tertiary/aromatic N) is 2. The van der Waals surface area contributed by atoms with Gasteiger partial charge in [0.15, 0.2) is 0 Å². The third-order valence-electron chi connectivity index (χ3n) is 2.77. The first-order valence-electron chi connectivity index (χ1n) is 5.74. The first-order chi connectivity index (χ1) is 8.33. The molecule has 0 bridgehead atoms. The van der Waals surface area contributed by atoms with Gasteiger partial charge in [0.05, 0.1) is 18.2 Å². The average molecular weight is 222 g/mol. The number of rotatable bonds is 3. The summed E-state index contributed by atoms with van der Waals surface area (Å²) in [5.41, 5.74) is 4.36. The minimum absolute atomic E-state index is 0.419. The molecular weight excluding hydrogens is 208 g/mol. The number of aromatic nitrogens is 1. The maximum absolute atomic E-state index is 8.59. The second-order valence-corrected chi connectivity index (χ2v) is 3.94. The highest BCUT2D eigenvalue weighted by molar-refractivity contribution is 5.59. The molecule has 2 rings (SSSR count). The van der Waals surface area contributed by atoms with Gasteiger partial charge in [-0.15, -0.1) is 0 Å². The quantitative estimate of drug-likeness (QED) is 0.798. The lowest BCUT2D eigenvalue weighted by Gasteiger charge is -2.03. The maximum Gasteiger partial charge on any atom is 0.0702 e. The minimum Gasteiger partial charge on any atom is -0.256 e. The number of hydrogen-bond acceptors (Lipinski definition) is 2. The first kappa shape index (κ1) is 11.3. The SMILES string of the molecule is CCc1ccc(-c2ccc(CC#N)cn2)cc1. The van der Waals surface area contributed by atoms with Crippen molar-refractivity contribution in [2.24, 2.45) is 0 Å². The fraction of sp³-hybridized carbons (Fsp3) is 0.200. The van der Waals surface area contributed by atoms with Crippen molar-refractivity contribution in [3.8, 4) is 17.3 Å². The highest BCUT2D eigenvalue weighted by atomic mass is 14.7. The molecule has 2 aromatic rings. The van der Waals surface area contributed by atoms with Gasteiger partial charge in [-0.2, -0.15) is 5.26 Å². The molecule has 17 heavy (non-hydrogen) atoms. The summed E-state index contributed by atoms with van der Waals surface area (Å²) in [6.07, 6.45) is 3.24. The van der Waals surface area contributed by atoms with Crippen LogP contribution in [0.25, 0.3) is 11.3 Å². The van der Waals surface area contributed by atoms with E-state index < -0.39 is 0 Å². The molecule has 1 aromatic carbocycles. The van der Waals surface area contributed by atoms with Gasteiger partial charge in [-0.1, -0.05) is 37.3 Å². The molecule has 1 heterocycles. The highest BCUT2D eigenvalue weighted by Crippen LogP contribution is 2.18. The van der Waals surface area contributed by atoms with E-state index in [0.717, 1.165) is 23.2 Å². The lowest BCUT2D eigenvalue weighted by molar-refractivity contribution is 1.14. The van der Waals surface area contributed by atoms with Crippen LogP contribution >= 0.6 is 0 Å². The molecule has 0 spiro atoms. The Morgan fingerprint density at radius 1 is 1.06 bits per heavy atom. The van der Waals surface area contributed by atoms with E-state index in [4.69, 9.17) is 5.26 Å². The van der Waals surface area contributed by atoms with Crippen molar-refractivity contribution >= 4 is 0 Å². The summed E-state index contributed by atoms with van der Waals surface area (Å²) in [4.78, 5) is 4.37. The number of nitriles is 1. The molecule has 0 saturated heterocycles. The predicted molar refractivity (Wildman–Crippen MR) is 68.4 cm³/mol. The molecule has 0 radical (unpaired) electrons. The van der Waals surface area contributed by atoms with E-state index in [1.165, 1.54) is 5.56 Å². The van der Waals surface area contributed by atoms with E-state index in [-0.39, 0.29) is 0 Å². The molecule has 1 aromatic heterocycles. The van der Waals surface area contributed by atoms with Crippen LogP contribution in [0.5, 0.6) is 0 Å². The topological polar surface area (TPSA) is 36.7 Å². The van der Waals surface area contributed by atoms with Crippen LogP contribution in [0.3, 0.4) is 0 Å². The summed E-state index contributed by atoms with van der Waals surface area (Å²) in [6, 6.07) is 14.5. The van der Waals surface area contributed by atoms with Crippen molar-refractivity contribution in [2.75, 3.05) is 0 Å². The molecule has 0 atom stereocenters. The molecule has 0 aliphatic carbocycles. The smallest absolute Gasteiger partial charge is 0.0702 e. The largest absolute Gasteiger partial charge is 0.256 e.